The molecule has 7 aromatic rings. The molecule has 3 aromatic carbocycles. The molecule has 0 bridgehead atoms. The normalized spacial score (nSPS) is 11.6. The van der Waals surface area contributed by atoms with Gasteiger partial charge in [-0.25, -0.2) is 19.4 Å². The number of nitrogens with one attached hydrogen (secondary N) is 1. The van der Waals surface area contributed by atoms with Gasteiger partial charge in [-0.15, -0.1) is 11.3 Å². The second-order valence-corrected chi connectivity index (χ2v) is 10.2. The molecule has 7 rings (SSSR count). The van der Waals surface area contributed by atoms with Crippen molar-refractivity contribution >= 4 is 55.9 Å². The third kappa shape index (κ3) is 3.57. The first-order chi connectivity index (χ1) is 18.6. The maximum atomic E-state index is 13.1. The predicted molar refractivity (Wildman–Crippen MR) is 151 cm³/mol. The minimum absolute atomic E-state index is 0.291. The van der Waals surface area contributed by atoms with Crippen molar-refractivity contribution in [1.82, 2.24) is 24.7 Å². The van der Waals surface area contributed by atoms with E-state index in [-0.39, 0.29) is 5.56 Å². The van der Waals surface area contributed by atoms with Crippen LogP contribution in [0, 0.1) is 0 Å². The lowest BCUT2D eigenvalue weighted by Gasteiger charge is -2.04. The zero-order chi connectivity index (χ0) is 25.8. The van der Waals surface area contributed by atoms with Gasteiger partial charge in [0.15, 0.2) is 10.7 Å². The van der Waals surface area contributed by atoms with Gasteiger partial charge in [0.25, 0.3) is 5.56 Å². The van der Waals surface area contributed by atoms with Crippen LogP contribution in [0.25, 0.3) is 60.4 Å². The van der Waals surface area contributed by atoms with Crippen LogP contribution in [-0.4, -0.2) is 31.0 Å². The molecule has 8 nitrogen and oxygen atoms in total. The summed E-state index contributed by atoms with van der Waals surface area (Å²) in [6.45, 7) is 0. The number of hydrogen-bond acceptors (Lipinski definition) is 8. The van der Waals surface area contributed by atoms with E-state index in [4.69, 9.17) is 14.5 Å². The first kappa shape index (κ1) is 22.6. The molecular weight excluding hydrogens is 518 g/mol. The quantitative estimate of drug-likeness (QED) is 0.130. The number of aromatic amines is 1. The molecule has 0 fully saturated rings. The zero-order valence-corrected chi connectivity index (χ0v) is 21.5. The molecule has 0 spiro atoms. The number of rotatable bonds is 4. The summed E-state index contributed by atoms with van der Waals surface area (Å²) >= 11 is 2.67. The third-order valence-corrected chi connectivity index (χ3v) is 7.76. The van der Waals surface area contributed by atoms with Crippen molar-refractivity contribution in [3.63, 3.8) is 0 Å². The van der Waals surface area contributed by atoms with Gasteiger partial charge in [0, 0.05) is 10.8 Å². The molecule has 0 saturated heterocycles. The number of thiazole rings is 1. The van der Waals surface area contributed by atoms with E-state index in [0.717, 1.165) is 21.8 Å². The first-order valence-corrected chi connectivity index (χ1v) is 13.8. The van der Waals surface area contributed by atoms with Crippen LogP contribution in [0.4, 0.5) is 0 Å². The SMILES string of the molecule is CSc1nc2c(-c3nc(-c4cc5c(ccc6ccccc65)oc4=O)cs3)nn(-c3ccccc3)c2c(=O)[nH]1. The fraction of sp³-hybridized carbons (Fsp3) is 0.0357. The standard InChI is InChI=1S/C28H17N5O3S2/c1-37-28-30-22-23(32-33(24(22)25(34)31-28)16-8-3-2-4-9-16)26-29-20(14-38-26)19-13-18-17-10-6-5-7-15(17)11-12-21(18)36-27(19)35/h2-14H,1H3,(H,30,31,34). The Hall–Kier alpha value is -4.54. The lowest BCUT2D eigenvalue weighted by atomic mass is 10.0. The monoisotopic (exact) mass is 535 g/mol. The number of hydrogen-bond donors (Lipinski definition) is 1. The number of aromatic nitrogens is 5. The van der Waals surface area contributed by atoms with Crippen molar-refractivity contribution in [2.45, 2.75) is 5.16 Å². The molecule has 4 aromatic heterocycles. The molecular formula is C28H17N5O3S2. The Morgan fingerprint density at radius 2 is 1.76 bits per heavy atom. The Morgan fingerprint density at radius 3 is 2.61 bits per heavy atom. The van der Waals surface area contributed by atoms with E-state index in [9.17, 15) is 9.59 Å². The highest BCUT2D eigenvalue weighted by Crippen LogP contribution is 2.33. The van der Waals surface area contributed by atoms with E-state index in [1.165, 1.54) is 23.1 Å². The number of para-hydroxylation sites is 1. The Kier molecular flexibility index (Phi) is 5.24. The van der Waals surface area contributed by atoms with Gasteiger partial charge in [-0.05, 0) is 41.3 Å². The van der Waals surface area contributed by atoms with E-state index in [1.807, 2.05) is 79.1 Å². The average Bonchev–Trinajstić information content (AvgIpc) is 3.58. The van der Waals surface area contributed by atoms with Gasteiger partial charge in [-0.3, -0.25) is 9.78 Å². The van der Waals surface area contributed by atoms with Crippen molar-refractivity contribution in [3.8, 4) is 27.6 Å². The van der Waals surface area contributed by atoms with Crippen molar-refractivity contribution in [2.24, 2.45) is 0 Å². The minimum Gasteiger partial charge on any atom is -0.422 e. The maximum Gasteiger partial charge on any atom is 0.345 e. The highest BCUT2D eigenvalue weighted by Gasteiger charge is 2.22. The Balaban J connectivity index is 1.43. The number of fused-ring (bicyclic) bond motifs is 4. The van der Waals surface area contributed by atoms with Crippen LogP contribution in [0.15, 0.2) is 97.3 Å². The van der Waals surface area contributed by atoms with Crippen molar-refractivity contribution < 1.29 is 4.42 Å². The maximum absolute atomic E-state index is 13.1. The van der Waals surface area contributed by atoms with Gasteiger partial charge >= 0.3 is 5.63 Å². The molecule has 4 heterocycles. The Labute approximate surface area is 222 Å². The van der Waals surface area contributed by atoms with Crippen molar-refractivity contribution in [2.75, 3.05) is 6.26 Å². The summed E-state index contributed by atoms with van der Waals surface area (Å²) in [5.41, 5.74) is 2.57. The summed E-state index contributed by atoms with van der Waals surface area (Å²) in [4.78, 5) is 38.3. The van der Waals surface area contributed by atoms with Crippen LogP contribution < -0.4 is 11.2 Å². The third-order valence-electron chi connectivity index (χ3n) is 6.33. The molecule has 0 unspecified atom stereocenters. The van der Waals surface area contributed by atoms with E-state index < -0.39 is 5.63 Å². The van der Waals surface area contributed by atoms with E-state index >= 15 is 0 Å². The van der Waals surface area contributed by atoms with E-state index in [2.05, 4.69) is 9.97 Å². The molecule has 0 aliphatic carbocycles. The lowest BCUT2D eigenvalue weighted by Crippen LogP contribution is -2.12. The summed E-state index contributed by atoms with van der Waals surface area (Å²) < 4.78 is 7.26. The van der Waals surface area contributed by atoms with E-state index in [1.54, 1.807) is 10.1 Å². The molecule has 0 aliphatic heterocycles. The molecule has 184 valence electrons. The van der Waals surface area contributed by atoms with E-state index in [0.29, 0.717) is 43.7 Å². The van der Waals surface area contributed by atoms with Crippen LogP contribution >= 0.6 is 23.1 Å². The molecule has 0 aliphatic rings. The number of thioether (sulfide) groups is 1. The number of H-pyrrole nitrogens is 1. The summed E-state index contributed by atoms with van der Waals surface area (Å²) in [6, 6.07) is 22.9. The average molecular weight is 536 g/mol. The van der Waals surface area contributed by atoms with Crippen LogP contribution in [0.1, 0.15) is 0 Å². The fourth-order valence-corrected chi connectivity index (χ4v) is 5.74. The van der Waals surface area contributed by atoms with Crippen molar-refractivity contribution in [3.05, 3.63) is 99.0 Å². The largest absolute Gasteiger partial charge is 0.422 e. The highest BCUT2D eigenvalue weighted by molar-refractivity contribution is 7.98. The zero-order valence-electron chi connectivity index (χ0n) is 19.8. The van der Waals surface area contributed by atoms with Crippen LogP contribution in [0.3, 0.4) is 0 Å². The Morgan fingerprint density at radius 1 is 0.947 bits per heavy atom. The second-order valence-electron chi connectivity index (χ2n) is 8.55. The first-order valence-electron chi connectivity index (χ1n) is 11.6. The van der Waals surface area contributed by atoms with Gasteiger partial charge in [0.1, 0.15) is 21.8 Å². The fourth-order valence-electron chi connectivity index (χ4n) is 4.56. The summed E-state index contributed by atoms with van der Waals surface area (Å²) in [5.74, 6) is 0. The summed E-state index contributed by atoms with van der Waals surface area (Å²) in [7, 11) is 0. The van der Waals surface area contributed by atoms with Gasteiger partial charge in [0.05, 0.1) is 16.9 Å². The highest BCUT2D eigenvalue weighted by atomic mass is 32.2. The smallest absolute Gasteiger partial charge is 0.345 e. The van der Waals surface area contributed by atoms with Gasteiger partial charge in [0.2, 0.25) is 0 Å². The van der Waals surface area contributed by atoms with Crippen LogP contribution in [0.2, 0.25) is 0 Å². The molecule has 0 amide bonds. The molecule has 1 N–H and O–H groups in total. The number of nitrogens with zero attached hydrogens (tertiary/aromatic N) is 4. The van der Waals surface area contributed by atoms with Crippen LogP contribution in [-0.2, 0) is 0 Å². The summed E-state index contributed by atoms with van der Waals surface area (Å²) in [6.07, 6.45) is 1.84. The molecule has 0 radical (unpaired) electrons. The van der Waals surface area contributed by atoms with Gasteiger partial charge < -0.3 is 4.42 Å². The van der Waals surface area contributed by atoms with Gasteiger partial charge in [-0.2, -0.15) is 5.10 Å². The Bertz CT molecular complexity index is 2130. The topological polar surface area (TPSA) is 107 Å². The second kappa shape index (κ2) is 8.79. The molecule has 0 saturated carbocycles. The molecule has 10 heteroatoms. The number of benzene rings is 3. The van der Waals surface area contributed by atoms with Crippen molar-refractivity contribution in [1.29, 1.82) is 0 Å². The lowest BCUT2D eigenvalue weighted by molar-refractivity contribution is 0.563. The van der Waals surface area contributed by atoms with Gasteiger partial charge in [-0.1, -0.05) is 60.3 Å². The summed E-state index contributed by atoms with van der Waals surface area (Å²) in [5, 5.41) is 10.5. The minimum atomic E-state index is -0.469. The molecule has 0 atom stereocenters. The molecule has 38 heavy (non-hydrogen) atoms. The van der Waals surface area contributed by atoms with Crippen LogP contribution in [0.5, 0.6) is 0 Å². The predicted octanol–water partition coefficient (Wildman–Crippen LogP) is 5.88.